The molecular formula is C19H16ClN2OS+. The van der Waals surface area contributed by atoms with Gasteiger partial charge in [0.1, 0.15) is 7.05 Å². The van der Waals surface area contributed by atoms with Crippen molar-refractivity contribution < 1.29 is 8.98 Å². The number of nitrogens with zero attached hydrogens (tertiary/aromatic N) is 2. The molecule has 3 nitrogen and oxygen atoms in total. The Labute approximate surface area is 149 Å². The van der Waals surface area contributed by atoms with Gasteiger partial charge in [-0.3, -0.25) is 0 Å². The Kier molecular flexibility index (Phi) is 3.87. The Morgan fingerprint density at radius 3 is 2.88 bits per heavy atom. The van der Waals surface area contributed by atoms with Crippen LogP contribution < -0.4 is 9.47 Å². The fraction of sp³-hybridized carbons (Fsp3) is 0.105. The minimum atomic E-state index is 0.757. The molecule has 2 aromatic carbocycles. The number of halogens is 1. The Balaban J connectivity index is 1.61. The molecule has 1 aliphatic heterocycles. The predicted molar refractivity (Wildman–Crippen MR) is 100 cm³/mol. The monoisotopic (exact) mass is 355 g/mol. The van der Waals surface area contributed by atoms with E-state index in [0.29, 0.717) is 0 Å². The van der Waals surface area contributed by atoms with Crippen LogP contribution in [0, 0.1) is 0 Å². The molecule has 0 unspecified atom stereocenters. The first-order valence-electron chi connectivity index (χ1n) is 7.60. The van der Waals surface area contributed by atoms with E-state index in [4.69, 9.17) is 16.0 Å². The summed E-state index contributed by atoms with van der Waals surface area (Å²) in [5, 5.41) is 1.91. The molecule has 3 aromatic rings. The number of para-hydroxylation sites is 2. The molecule has 24 heavy (non-hydrogen) atoms. The molecule has 0 N–H and O–H groups in total. The highest BCUT2D eigenvalue weighted by Crippen LogP contribution is 2.45. The van der Waals surface area contributed by atoms with Gasteiger partial charge >= 0.3 is 5.89 Å². The number of allylic oxidation sites excluding steroid dienone is 2. The maximum Gasteiger partial charge on any atom is 0.373 e. The van der Waals surface area contributed by atoms with E-state index in [1.54, 1.807) is 11.8 Å². The number of benzene rings is 2. The average Bonchev–Trinajstić information content (AvgIpc) is 3.07. The number of oxazole rings is 1. The van der Waals surface area contributed by atoms with Crippen molar-refractivity contribution in [2.75, 3.05) is 11.9 Å². The molecule has 2 heterocycles. The normalized spacial score (nSPS) is 15.8. The summed E-state index contributed by atoms with van der Waals surface area (Å²) < 4.78 is 7.92. The summed E-state index contributed by atoms with van der Waals surface area (Å²) in [6.45, 7) is 0. The van der Waals surface area contributed by atoms with E-state index in [1.165, 1.54) is 4.90 Å². The van der Waals surface area contributed by atoms with Gasteiger partial charge in [0.2, 0.25) is 5.58 Å². The van der Waals surface area contributed by atoms with Gasteiger partial charge in [0.15, 0.2) is 0 Å². The van der Waals surface area contributed by atoms with Crippen LogP contribution >= 0.6 is 23.4 Å². The molecule has 0 saturated heterocycles. The third-order valence-corrected chi connectivity index (χ3v) is 5.50. The lowest BCUT2D eigenvalue weighted by Crippen LogP contribution is -2.29. The van der Waals surface area contributed by atoms with E-state index in [2.05, 4.69) is 30.2 Å². The first-order chi connectivity index (χ1) is 11.6. The van der Waals surface area contributed by atoms with Gasteiger partial charge in [0.25, 0.3) is 5.52 Å². The standard InChI is InChI=1S/C19H16ClN2OS/c1-21-14-6-3-4-7-16(14)23-18(21)8-5-9-19-22(2)15-12-13(20)10-11-17(15)24-19/h3-12H,1-2H3/q+1. The topological polar surface area (TPSA) is 20.3 Å². The van der Waals surface area contributed by atoms with Gasteiger partial charge in [0, 0.05) is 23.0 Å². The number of hydrogen-bond donors (Lipinski definition) is 0. The number of thioether (sulfide) groups is 1. The highest BCUT2D eigenvalue weighted by atomic mass is 35.5. The summed E-state index contributed by atoms with van der Waals surface area (Å²) in [4.78, 5) is 3.37. The van der Waals surface area contributed by atoms with Crippen LogP contribution in [0.5, 0.6) is 0 Å². The summed E-state index contributed by atoms with van der Waals surface area (Å²) in [6.07, 6.45) is 6.09. The third kappa shape index (κ3) is 2.62. The van der Waals surface area contributed by atoms with Crippen LogP contribution in [-0.4, -0.2) is 7.05 Å². The molecule has 0 bridgehead atoms. The smallest absolute Gasteiger partial charge is 0.373 e. The maximum absolute atomic E-state index is 6.09. The fourth-order valence-corrected chi connectivity index (χ4v) is 3.97. The van der Waals surface area contributed by atoms with E-state index in [1.807, 2.05) is 54.1 Å². The summed E-state index contributed by atoms with van der Waals surface area (Å²) in [5.41, 5.74) is 3.11. The zero-order valence-electron chi connectivity index (χ0n) is 13.4. The molecule has 4 rings (SSSR count). The molecular weight excluding hydrogens is 340 g/mol. The summed E-state index contributed by atoms with van der Waals surface area (Å²) in [7, 11) is 4.06. The van der Waals surface area contributed by atoms with Crippen molar-refractivity contribution in [2.24, 2.45) is 7.05 Å². The van der Waals surface area contributed by atoms with Crippen molar-refractivity contribution in [3.05, 3.63) is 70.6 Å². The molecule has 5 heteroatoms. The van der Waals surface area contributed by atoms with Crippen molar-refractivity contribution in [3.63, 3.8) is 0 Å². The van der Waals surface area contributed by atoms with Crippen LogP contribution in [0.4, 0.5) is 5.69 Å². The summed E-state index contributed by atoms with van der Waals surface area (Å²) in [6, 6.07) is 14.0. The van der Waals surface area contributed by atoms with E-state index in [0.717, 1.165) is 32.7 Å². The molecule has 1 aromatic heterocycles. The van der Waals surface area contributed by atoms with E-state index >= 15 is 0 Å². The highest BCUT2D eigenvalue weighted by molar-refractivity contribution is 8.03. The van der Waals surface area contributed by atoms with E-state index in [-0.39, 0.29) is 0 Å². The fourth-order valence-electron chi connectivity index (χ4n) is 2.76. The lowest BCUT2D eigenvalue weighted by atomic mass is 10.3. The van der Waals surface area contributed by atoms with Crippen LogP contribution in [-0.2, 0) is 7.05 Å². The van der Waals surface area contributed by atoms with Gasteiger partial charge in [-0.05, 0) is 36.4 Å². The summed E-state index contributed by atoms with van der Waals surface area (Å²) in [5.74, 6) is 0.819. The second-order valence-electron chi connectivity index (χ2n) is 5.60. The minimum Gasteiger partial charge on any atom is -0.398 e. The van der Waals surface area contributed by atoms with Gasteiger partial charge in [-0.1, -0.05) is 35.5 Å². The second kappa shape index (κ2) is 6.04. The molecule has 0 fully saturated rings. The van der Waals surface area contributed by atoms with Crippen LogP contribution in [0.15, 0.2) is 69.0 Å². The number of rotatable bonds is 2. The zero-order chi connectivity index (χ0) is 16.7. The van der Waals surface area contributed by atoms with E-state index < -0.39 is 0 Å². The Morgan fingerprint density at radius 2 is 2.04 bits per heavy atom. The van der Waals surface area contributed by atoms with Crippen LogP contribution in [0.25, 0.3) is 17.2 Å². The molecule has 0 aliphatic carbocycles. The van der Waals surface area contributed by atoms with Gasteiger partial charge in [-0.25, -0.2) is 0 Å². The quantitative estimate of drug-likeness (QED) is 0.603. The molecule has 0 spiro atoms. The second-order valence-corrected chi connectivity index (χ2v) is 7.10. The number of aromatic nitrogens is 1. The zero-order valence-corrected chi connectivity index (χ0v) is 14.9. The Hall–Kier alpha value is -2.17. The van der Waals surface area contributed by atoms with Crippen molar-refractivity contribution in [3.8, 4) is 0 Å². The SMILES string of the molecule is CN1/C(=C/C=C/c2oc3ccccc3[n+]2C)Sc2ccc(Cl)cc21. The molecule has 0 radical (unpaired) electrons. The molecule has 0 amide bonds. The van der Waals surface area contributed by atoms with Crippen molar-refractivity contribution >= 4 is 46.2 Å². The minimum absolute atomic E-state index is 0.757. The first kappa shape index (κ1) is 15.4. The molecule has 0 saturated carbocycles. The molecule has 1 aliphatic rings. The maximum atomic E-state index is 6.09. The lowest BCUT2D eigenvalue weighted by Gasteiger charge is -2.12. The van der Waals surface area contributed by atoms with Crippen LogP contribution in [0.2, 0.25) is 5.02 Å². The number of fused-ring (bicyclic) bond motifs is 2. The van der Waals surface area contributed by atoms with Crippen LogP contribution in [0.1, 0.15) is 5.89 Å². The molecule has 120 valence electrons. The number of anilines is 1. The van der Waals surface area contributed by atoms with Crippen LogP contribution in [0.3, 0.4) is 0 Å². The Bertz CT molecular complexity index is 990. The van der Waals surface area contributed by atoms with Gasteiger partial charge in [-0.2, -0.15) is 4.57 Å². The highest BCUT2D eigenvalue weighted by Gasteiger charge is 2.21. The van der Waals surface area contributed by atoms with Gasteiger partial charge in [0.05, 0.1) is 16.8 Å². The van der Waals surface area contributed by atoms with Gasteiger partial charge < -0.3 is 9.32 Å². The number of aryl methyl sites for hydroxylation is 1. The predicted octanol–water partition coefficient (Wildman–Crippen LogP) is 5.01. The van der Waals surface area contributed by atoms with Crippen molar-refractivity contribution in [2.45, 2.75) is 4.90 Å². The number of hydrogen-bond acceptors (Lipinski definition) is 3. The lowest BCUT2D eigenvalue weighted by molar-refractivity contribution is -0.652. The molecule has 0 atom stereocenters. The first-order valence-corrected chi connectivity index (χ1v) is 8.80. The van der Waals surface area contributed by atoms with Crippen molar-refractivity contribution in [1.82, 2.24) is 0 Å². The van der Waals surface area contributed by atoms with Crippen molar-refractivity contribution in [1.29, 1.82) is 0 Å². The average molecular weight is 356 g/mol. The summed E-state index contributed by atoms with van der Waals surface area (Å²) >= 11 is 7.83. The third-order valence-electron chi connectivity index (χ3n) is 4.08. The van der Waals surface area contributed by atoms with Gasteiger partial charge in [-0.15, -0.1) is 0 Å². The Morgan fingerprint density at radius 1 is 1.21 bits per heavy atom. The largest absolute Gasteiger partial charge is 0.398 e. The van der Waals surface area contributed by atoms with E-state index in [9.17, 15) is 0 Å².